The molecule has 0 saturated heterocycles. The molecule has 0 heterocycles. The van der Waals surface area contributed by atoms with Gasteiger partial charge in [0, 0.05) is 5.41 Å². The van der Waals surface area contributed by atoms with E-state index in [0.717, 1.165) is 43.4 Å². The lowest BCUT2D eigenvalue weighted by molar-refractivity contribution is -0.208. The van der Waals surface area contributed by atoms with Crippen LogP contribution in [0.4, 0.5) is 0 Å². The maximum atomic E-state index is 12.4. The Morgan fingerprint density at radius 2 is 1.52 bits per heavy atom. The number of esters is 1. The minimum Gasteiger partial charge on any atom is -0.462 e. The van der Waals surface area contributed by atoms with Crippen molar-refractivity contribution in [2.75, 3.05) is 6.61 Å². The molecule has 0 radical (unpaired) electrons. The molecule has 3 nitrogen and oxygen atoms in total. The van der Waals surface area contributed by atoms with E-state index < -0.39 is 11.0 Å². The first-order chi connectivity index (χ1) is 10.7. The Morgan fingerprint density at radius 3 is 1.91 bits per heavy atom. The van der Waals surface area contributed by atoms with Gasteiger partial charge in [-0.2, -0.15) is 0 Å². The summed E-state index contributed by atoms with van der Waals surface area (Å²) in [5.74, 6) is 2.21. The number of aliphatic hydroxyl groups is 1. The van der Waals surface area contributed by atoms with Gasteiger partial charge < -0.3 is 9.84 Å². The predicted molar refractivity (Wildman–Crippen MR) is 90.9 cm³/mol. The molecule has 1 unspecified atom stereocenters. The third-order valence-corrected chi connectivity index (χ3v) is 7.49. The minimum atomic E-state index is -0.845. The number of carbonyl (C=O) groups excluding carboxylic acids is 1. The molecule has 4 aliphatic carbocycles. The van der Waals surface area contributed by atoms with Crippen molar-refractivity contribution >= 4 is 5.97 Å². The molecular weight excluding hydrogens is 288 g/mol. The maximum absolute atomic E-state index is 12.4. The SMILES string of the molecule is CCC(C)(C)C(=O)OCC(O)(CC)C12CC3CC(CC(C3)C1)C2. The highest BCUT2D eigenvalue weighted by molar-refractivity contribution is 5.75. The molecule has 0 aromatic heterocycles. The zero-order valence-electron chi connectivity index (χ0n) is 15.4. The first-order valence-electron chi connectivity index (χ1n) is 9.63. The maximum Gasteiger partial charge on any atom is 0.311 e. The van der Waals surface area contributed by atoms with Crippen LogP contribution in [0.5, 0.6) is 0 Å². The average molecular weight is 322 g/mol. The van der Waals surface area contributed by atoms with E-state index in [1.807, 2.05) is 20.8 Å². The number of hydrogen-bond donors (Lipinski definition) is 1. The highest BCUT2D eigenvalue weighted by Gasteiger charge is 2.59. The Balaban J connectivity index is 1.74. The quantitative estimate of drug-likeness (QED) is 0.741. The topological polar surface area (TPSA) is 46.5 Å². The molecule has 0 aromatic carbocycles. The summed E-state index contributed by atoms with van der Waals surface area (Å²) in [6, 6.07) is 0. The molecule has 4 saturated carbocycles. The van der Waals surface area contributed by atoms with Crippen LogP contribution in [0.2, 0.25) is 0 Å². The van der Waals surface area contributed by atoms with Crippen LogP contribution < -0.4 is 0 Å². The van der Waals surface area contributed by atoms with Crippen LogP contribution in [0.3, 0.4) is 0 Å². The van der Waals surface area contributed by atoms with Gasteiger partial charge in [-0.25, -0.2) is 0 Å². The van der Waals surface area contributed by atoms with Crippen LogP contribution in [-0.2, 0) is 9.53 Å². The smallest absolute Gasteiger partial charge is 0.311 e. The fourth-order valence-electron chi connectivity index (χ4n) is 5.84. The second-order valence-corrected chi connectivity index (χ2v) is 9.40. The summed E-state index contributed by atoms with van der Waals surface area (Å²) in [5.41, 5.74) is -1.31. The van der Waals surface area contributed by atoms with Crippen molar-refractivity contribution in [3.05, 3.63) is 0 Å². The first-order valence-corrected chi connectivity index (χ1v) is 9.63. The minimum absolute atomic E-state index is 0.00681. The van der Waals surface area contributed by atoms with Crippen LogP contribution in [0.15, 0.2) is 0 Å². The van der Waals surface area contributed by atoms with Gasteiger partial charge in [0.1, 0.15) is 12.2 Å². The van der Waals surface area contributed by atoms with Gasteiger partial charge in [-0.05, 0) is 83.0 Å². The van der Waals surface area contributed by atoms with Crippen LogP contribution in [0.1, 0.15) is 79.1 Å². The zero-order chi connectivity index (χ0) is 16.9. The fraction of sp³-hybridized carbons (Fsp3) is 0.950. The monoisotopic (exact) mass is 322 g/mol. The van der Waals surface area contributed by atoms with Gasteiger partial charge >= 0.3 is 5.97 Å². The summed E-state index contributed by atoms with van der Waals surface area (Å²) < 4.78 is 5.65. The second-order valence-electron chi connectivity index (χ2n) is 9.40. The zero-order valence-corrected chi connectivity index (χ0v) is 15.4. The van der Waals surface area contributed by atoms with E-state index >= 15 is 0 Å². The Bertz CT molecular complexity index is 432. The molecule has 23 heavy (non-hydrogen) atoms. The summed E-state index contributed by atoms with van der Waals surface area (Å²) in [6.07, 6.45) is 8.94. The molecule has 4 rings (SSSR count). The van der Waals surface area contributed by atoms with Gasteiger partial charge in [0.05, 0.1) is 5.41 Å². The molecule has 132 valence electrons. The lowest BCUT2D eigenvalue weighted by Gasteiger charge is -2.62. The molecule has 4 aliphatic rings. The number of hydrogen-bond acceptors (Lipinski definition) is 3. The Hall–Kier alpha value is -0.570. The number of carbonyl (C=O) groups is 1. The second kappa shape index (κ2) is 5.75. The highest BCUT2D eigenvalue weighted by Crippen LogP contribution is 2.64. The normalized spacial score (nSPS) is 38.4. The van der Waals surface area contributed by atoms with E-state index in [2.05, 4.69) is 6.92 Å². The van der Waals surface area contributed by atoms with Crippen molar-refractivity contribution in [2.24, 2.45) is 28.6 Å². The number of rotatable bonds is 6. The summed E-state index contributed by atoms with van der Waals surface area (Å²) in [4.78, 5) is 12.4. The molecule has 1 N–H and O–H groups in total. The van der Waals surface area contributed by atoms with Crippen molar-refractivity contribution in [3.8, 4) is 0 Å². The molecule has 1 atom stereocenters. The standard InChI is InChI=1S/C20H34O3/c1-5-18(3,4)17(21)23-13-20(22,6-2)19-10-14-7-15(11-19)9-16(8-14)12-19/h14-16,22H,5-13H2,1-4H3. The van der Waals surface area contributed by atoms with Crippen molar-refractivity contribution in [1.82, 2.24) is 0 Å². The highest BCUT2D eigenvalue weighted by atomic mass is 16.5. The Labute approximate surface area is 141 Å². The summed E-state index contributed by atoms with van der Waals surface area (Å²) in [6.45, 7) is 8.08. The largest absolute Gasteiger partial charge is 0.462 e. The van der Waals surface area contributed by atoms with Crippen molar-refractivity contribution < 1.29 is 14.6 Å². The lowest BCUT2D eigenvalue weighted by atomic mass is 9.45. The molecule has 0 spiro atoms. The third-order valence-electron chi connectivity index (χ3n) is 7.49. The van der Waals surface area contributed by atoms with E-state index in [1.54, 1.807) is 0 Å². The summed E-state index contributed by atoms with van der Waals surface area (Å²) in [5, 5.41) is 11.5. The van der Waals surface area contributed by atoms with E-state index in [1.165, 1.54) is 19.3 Å². The van der Waals surface area contributed by atoms with Crippen molar-refractivity contribution in [2.45, 2.75) is 84.7 Å². The molecule has 0 aromatic rings. The van der Waals surface area contributed by atoms with Gasteiger partial charge in [-0.3, -0.25) is 4.79 Å². The van der Waals surface area contributed by atoms with Crippen LogP contribution >= 0.6 is 0 Å². The molecule has 3 heteroatoms. The van der Waals surface area contributed by atoms with Crippen molar-refractivity contribution in [1.29, 1.82) is 0 Å². The van der Waals surface area contributed by atoms with Crippen LogP contribution in [0.25, 0.3) is 0 Å². The van der Waals surface area contributed by atoms with Gasteiger partial charge in [0.25, 0.3) is 0 Å². The molecule has 0 aliphatic heterocycles. The molecule has 0 amide bonds. The van der Waals surface area contributed by atoms with E-state index in [4.69, 9.17) is 4.74 Å². The van der Waals surface area contributed by atoms with E-state index in [9.17, 15) is 9.90 Å². The van der Waals surface area contributed by atoms with Crippen LogP contribution in [0, 0.1) is 28.6 Å². The van der Waals surface area contributed by atoms with Gasteiger partial charge in [-0.1, -0.05) is 13.8 Å². The van der Waals surface area contributed by atoms with Crippen LogP contribution in [-0.4, -0.2) is 23.3 Å². The molecular formula is C20H34O3. The van der Waals surface area contributed by atoms with Gasteiger partial charge in [-0.15, -0.1) is 0 Å². The van der Waals surface area contributed by atoms with Crippen molar-refractivity contribution in [3.63, 3.8) is 0 Å². The fourth-order valence-corrected chi connectivity index (χ4v) is 5.84. The Kier molecular flexibility index (Phi) is 4.32. The van der Waals surface area contributed by atoms with E-state index in [0.29, 0.717) is 6.42 Å². The summed E-state index contributed by atoms with van der Waals surface area (Å²) in [7, 11) is 0. The average Bonchev–Trinajstić information content (AvgIpc) is 2.50. The molecule has 4 fully saturated rings. The number of ether oxygens (including phenoxy) is 1. The first kappa shape index (κ1) is 17.3. The van der Waals surface area contributed by atoms with Gasteiger partial charge in [0.2, 0.25) is 0 Å². The van der Waals surface area contributed by atoms with E-state index in [-0.39, 0.29) is 18.0 Å². The van der Waals surface area contributed by atoms with Gasteiger partial charge in [0.15, 0.2) is 0 Å². The third kappa shape index (κ3) is 2.83. The molecule has 4 bridgehead atoms. The predicted octanol–water partition coefficient (Wildman–Crippen LogP) is 4.32. The Morgan fingerprint density at radius 1 is 1.04 bits per heavy atom. The summed E-state index contributed by atoms with van der Waals surface area (Å²) >= 11 is 0. The lowest BCUT2D eigenvalue weighted by Crippen LogP contribution is -2.60.